The van der Waals surface area contributed by atoms with E-state index in [2.05, 4.69) is 195 Å². The molecule has 7 aromatic carbocycles. The monoisotopic (exact) mass is 589 g/mol. The molecule has 220 valence electrons. The zero-order valence-corrected chi connectivity index (χ0v) is 26.2. The number of hydrogen-bond donors (Lipinski definition) is 0. The van der Waals surface area contributed by atoms with Crippen molar-refractivity contribution < 1.29 is 0 Å². The minimum atomic E-state index is -0.0983. The van der Waals surface area contributed by atoms with E-state index < -0.39 is 0 Å². The molecular weight excluding hydrogens is 555 g/mol. The summed E-state index contributed by atoms with van der Waals surface area (Å²) in [5.41, 5.74) is 16.0. The highest BCUT2D eigenvalue weighted by atomic mass is 15.1. The fraction of sp³-hybridized carbons (Fsp3) is 0.0667. The molecule has 0 radical (unpaired) electrons. The molecule has 0 atom stereocenters. The van der Waals surface area contributed by atoms with Crippen molar-refractivity contribution in [2.24, 2.45) is 0 Å². The number of anilines is 3. The van der Waals surface area contributed by atoms with Crippen molar-refractivity contribution in [3.8, 4) is 44.5 Å². The second kappa shape index (κ2) is 11.4. The Bertz CT molecular complexity index is 2140. The van der Waals surface area contributed by atoms with E-state index in [9.17, 15) is 0 Å². The number of benzene rings is 7. The van der Waals surface area contributed by atoms with E-state index in [-0.39, 0.29) is 5.41 Å². The van der Waals surface area contributed by atoms with Crippen LogP contribution in [0.3, 0.4) is 0 Å². The minimum Gasteiger partial charge on any atom is -0.310 e. The third kappa shape index (κ3) is 4.73. The zero-order chi connectivity index (χ0) is 31.1. The van der Waals surface area contributed by atoms with Crippen LogP contribution in [0.15, 0.2) is 176 Å². The fourth-order valence-electron chi connectivity index (χ4n) is 7.19. The number of rotatable bonds is 6. The maximum atomic E-state index is 2.45. The highest BCUT2D eigenvalue weighted by molar-refractivity contribution is 5.97. The third-order valence-corrected chi connectivity index (χ3v) is 9.49. The van der Waals surface area contributed by atoms with Gasteiger partial charge in [-0.15, -0.1) is 0 Å². The molecule has 0 unspecified atom stereocenters. The van der Waals surface area contributed by atoms with E-state index in [1.165, 1.54) is 55.6 Å². The third-order valence-electron chi connectivity index (χ3n) is 9.49. The SMILES string of the molecule is CC1(C)c2ccccc2-c2ccc(N(c3ccc(-c4ccccc4)cc3)c3cccc(-c4ccccc4)c3-c3ccccc3)cc21. The number of hydrogen-bond acceptors (Lipinski definition) is 1. The van der Waals surface area contributed by atoms with Gasteiger partial charge in [0.2, 0.25) is 0 Å². The average molecular weight is 590 g/mol. The van der Waals surface area contributed by atoms with Crippen molar-refractivity contribution in [1.82, 2.24) is 0 Å². The smallest absolute Gasteiger partial charge is 0.0546 e. The van der Waals surface area contributed by atoms with Gasteiger partial charge >= 0.3 is 0 Å². The molecule has 0 amide bonds. The first kappa shape index (κ1) is 27.9. The van der Waals surface area contributed by atoms with Crippen molar-refractivity contribution in [2.75, 3.05) is 4.90 Å². The lowest BCUT2D eigenvalue weighted by Gasteiger charge is -2.31. The van der Waals surface area contributed by atoms with E-state index in [4.69, 9.17) is 0 Å². The quantitative estimate of drug-likeness (QED) is 0.186. The first-order valence-electron chi connectivity index (χ1n) is 16.0. The normalized spacial score (nSPS) is 12.7. The van der Waals surface area contributed by atoms with Crippen molar-refractivity contribution in [3.05, 3.63) is 187 Å². The molecule has 1 heteroatoms. The van der Waals surface area contributed by atoms with Crippen molar-refractivity contribution in [2.45, 2.75) is 19.3 Å². The maximum absolute atomic E-state index is 2.45. The summed E-state index contributed by atoms with van der Waals surface area (Å²) in [6.45, 7) is 4.71. The van der Waals surface area contributed by atoms with Gasteiger partial charge in [-0.2, -0.15) is 0 Å². The van der Waals surface area contributed by atoms with Crippen molar-refractivity contribution in [3.63, 3.8) is 0 Å². The molecule has 1 aliphatic rings. The summed E-state index contributed by atoms with van der Waals surface area (Å²) in [5, 5.41) is 0. The summed E-state index contributed by atoms with van der Waals surface area (Å²) in [7, 11) is 0. The standard InChI is InChI=1S/C45H35N/c1-45(2)41-23-13-12-21-39(41)40-30-29-37(31-42(40)45)46(36-27-25-33(26-28-36)32-15-6-3-7-16-32)43-24-14-22-38(34-17-8-4-9-18-34)44(43)35-19-10-5-11-20-35/h3-31H,1-2H3. The van der Waals surface area contributed by atoms with Crippen LogP contribution in [0.25, 0.3) is 44.5 Å². The molecule has 0 saturated heterocycles. The fourth-order valence-corrected chi connectivity index (χ4v) is 7.19. The van der Waals surface area contributed by atoms with Crippen LogP contribution < -0.4 is 4.90 Å². The summed E-state index contributed by atoms with van der Waals surface area (Å²) in [5.74, 6) is 0. The Balaban J connectivity index is 1.37. The molecule has 8 rings (SSSR count). The van der Waals surface area contributed by atoms with Gasteiger partial charge in [0.15, 0.2) is 0 Å². The number of fused-ring (bicyclic) bond motifs is 3. The molecule has 0 saturated carbocycles. The van der Waals surface area contributed by atoms with Crippen LogP contribution in [0.5, 0.6) is 0 Å². The molecule has 0 heterocycles. The van der Waals surface area contributed by atoms with Gasteiger partial charge in [-0.1, -0.05) is 159 Å². The summed E-state index contributed by atoms with van der Waals surface area (Å²) >= 11 is 0. The van der Waals surface area contributed by atoms with Crippen LogP contribution in [0.2, 0.25) is 0 Å². The molecule has 1 aliphatic carbocycles. The van der Waals surface area contributed by atoms with E-state index in [0.29, 0.717) is 0 Å². The van der Waals surface area contributed by atoms with Crippen molar-refractivity contribution in [1.29, 1.82) is 0 Å². The lowest BCUT2D eigenvalue weighted by molar-refractivity contribution is 0.660. The average Bonchev–Trinajstić information content (AvgIpc) is 3.35. The van der Waals surface area contributed by atoms with Gasteiger partial charge in [-0.3, -0.25) is 0 Å². The second-order valence-electron chi connectivity index (χ2n) is 12.6. The first-order valence-corrected chi connectivity index (χ1v) is 16.0. The minimum absolute atomic E-state index is 0.0983. The molecule has 0 fully saturated rings. The molecular formula is C45H35N. The summed E-state index contributed by atoms with van der Waals surface area (Å²) in [6.07, 6.45) is 0. The Morgan fingerprint density at radius 1 is 0.370 bits per heavy atom. The summed E-state index contributed by atoms with van der Waals surface area (Å²) in [4.78, 5) is 2.45. The highest BCUT2D eigenvalue weighted by Gasteiger charge is 2.36. The van der Waals surface area contributed by atoms with Gasteiger partial charge < -0.3 is 4.90 Å². The predicted octanol–water partition coefficient (Wildman–Crippen LogP) is 12.5. The van der Waals surface area contributed by atoms with Crippen LogP contribution in [-0.4, -0.2) is 0 Å². The highest BCUT2D eigenvalue weighted by Crippen LogP contribution is 2.52. The van der Waals surface area contributed by atoms with Crippen LogP contribution in [0.1, 0.15) is 25.0 Å². The first-order chi connectivity index (χ1) is 22.6. The topological polar surface area (TPSA) is 3.24 Å². The van der Waals surface area contributed by atoms with Crippen LogP contribution in [0.4, 0.5) is 17.1 Å². The Morgan fingerprint density at radius 3 is 1.59 bits per heavy atom. The Morgan fingerprint density at radius 2 is 0.891 bits per heavy atom. The molecule has 0 N–H and O–H groups in total. The molecule has 0 aliphatic heterocycles. The summed E-state index contributed by atoms with van der Waals surface area (Å²) in [6, 6.07) is 63.8. The summed E-state index contributed by atoms with van der Waals surface area (Å²) < 4.78 is 0. The molecule has 0 spiro atoms. The lowest BCUT2D eigenvalue weighted by atomic mass is 9.82. The van der Waals surface area contributed by atoms with Crippen LogP contribution >= 0.6 is 0 Å². The molecule has 0 aromatic heterocycles. The van der Waals surface area contributed by atoms with E-state index in [1.54, 1.807) is 0 Å². The molecule has 46 heavy (non-hydrogen) atoms. The van der Waals surface area contributed by atoms with Gasteiger partial charge in [-0.25, -0.2) is 0 Å². The van der Waals surface area contributed by atoms with Gasteiger partial charge in [0, 0.05) is 22.4 Å². The molecule has 0 bridgehead atoms. The van der Waals surface area contributed by atoms with Crippen LogP contribution in [-0.2, 0) is 5.41 Å². The number of nitrogens with zero attached hydrogens (tertiary/aromatic N) is 1. The van der Waals surface area contributed by atoms with Crippen LogP contribution in [0, 0.1) is 0 Å². The zero-order valence-electron chi connectivity index (χ0n) is 26.2. The molecule has 1 nitrogen and oxygen atoms in total. The van der Waals surface area contributed by atoms with E-state index >= 15 is 0 Å². The van der Waals surface area contributed by atoms with Gasteiger partial charge in [-0.05, 0) is 80.4 Å². The van der Waals surface area contributed by atoms with Crippen molar-refractivity contribution >= 4 is 17.1 Å². The largest absolute Gasteiger partial charge is 0.310 e. The maximum Gasteiger partial charge on any atom is 0.0546 e. The Kier molecular flexibility index (Phi) is 6.88. The Labute approximate surface area is 272 Å². The predicted molar refractivity (Wildman–Crippen MR) is 195 cm³/mol. The lowest BCUT2D eigenvalue weighted by Crippen LogP contribution is -2.17. The van der Waals surface area contributed by atoms with Gasteiger partial charge in [0.05, 0.1) is 5.69 Å². The second-order valence-corrected chi connectivity index (χ2v) is 12.6. The molecule has 7 aromatic rings. The van der Waals surface area contributed by atoms with E-state index in [0.717, 1.165) is 17.1 Å². The Hall–Kier alpha value is -5.66. The van der Waals surface area contributed by atoms with Gasteiger partial charge in [0.25, 0.3) is 0 Å². The van der Waals surface area contributed by atoms with Gasteiger partial charge in [0.1, 0.15) is 0 Å². The van der Waals surface area contributed by atoms with E-state index in [1.807, 2.05) is 0 Å².